The van der Waals surface area contributed by atoms with E-state index in [1.807, 2.05) is 37.2 Å². The molecule has 25 heavy (non-hydrogen) atoms. The van der Waals surface area contributed by atoms with E-state index in [0.717, 1.165) is 37.0 Å². The fraction of sp³-hybridized carbons (Fsp3) is 0.450. The summed E-state index contributed by atoms with van der Waals surface area (Å²) in [6.07, 6.45) is 5.13. The molecule has 0 saturated heterocycles. The standard InChI is InChI=1S/C20H25FN2O2/c1-23(2)17(18-9-6-12-25-18)14-22-19(24)20(10-3-4-11-20)15-7-5-8-16(21)13-15/h5-9,12-13,17H,3-4,10-11,14H2,1-2H3,(H,22,24). The van der Waals surface area contributed by atoms with Gasteiger partial charge in [0.15, 0.2) is 0 Å². The van der Waals surface area contributed by atoms with Gasteiger partial charge >= 0.3 is 0 Å². The van der Waals surface area contributed by atoms with Crippen LogP contribution in [-0.4, -0.2) is 31.4 Å². The Hall–Kier alpha value is -2.14. The van der Waals surface area contributed by atoms with Gasteiger partial charge < -0.3 is 9.73 Å². The van der Waals surface area contributed by atoms with Gasteiger partial charge in [-0.15, -0.1) is 0 Å². The summed E-state index contributed by atoms with van der Waals surface area (Å²) in [5.41, 5.74) is 0.157. The Morgan fingerprint density at radius 3 is 2.64 bits per heavy atom. The molecule has 4 nitrogen and oxygen atoms in total. The van der Waals surface area contributed by atoms with Gasteiger partial charge in [-0.05, 0) is 56.8 Å². The minimum absolute atomic E-state index is 0.0194. The van der Waals surface area contributed by atoms with Crippen LogP contribution in [0.5, 0.6) is 0 Å². The Morgan fingerprint density at radius 1 is 1.28 bits per heavy atom. The molecular formula is C20H25FN2O2. The van der Waals surface area contributed by atoms with Crippen LogP contribution >= 0.6 is 0 Å². The van der Waals surface area contributed by atoms with Crippen LogP contribution in [-0.2, 0) is 10.2 Å². The van der Waals surface area contributed by atoms with E-state index in [0.29, 0.717) is 6.54 Å². The number of carbonyl (C=O) groups is 1. The van der Waals surface area contributed by atoms with Gasteiger partial charge in [0.25, 0.3) is 0 Å². The number of nitrogens with one attached hydrogen (secondary N) is 1. The smallest absolute Gasteiger partial charge is 0.230 e. The number of rotatable bonds is 6. The third kappa shape index (κ3) is 3.61. The van der Waals surface area contributed by atoms with E-state index in [2.05, 4.69) is 5.32 Å². The molecule has 0 spiro atoms. The van der Waals surface area contributed by atoms with E-state index in [-0.39, 0.29) is 17.8 Å². The first kappa shape index (κ1) is 17.7. The van der Waals surface area contributed by atoms with Gasteiger partial charge in [0.2, 0.25) is 5.91 Å². The molecule has 0 aliphatic heterocycles. The molecule has 1 heterocycles. The van der Waals surface area contributed by atoms with Crippen molar-refractivity contribution >= 4 is 5.91 Å². The Balaban J connectivity index is 1.78. The van der Waals surface area contributed by atoms with Crippen LogP contribution in [0.25, 0.3) is 0 Å². The second kappa shape index (κ2) is 7.40. The largest absolute Gasteiger partial charge is 0.468 e. The van der Waals surface area contributed by atoms with E-state index in [4.69, 9.17) is 4.42 Å². The fourth-order valence-electron chi connectivity index (χ4n) is 3.79. The number of likely N-dealkylation sites (N-methyl/N-ethyl adjacent to an activating group) is 1. The number of hydrogen-bond acceptors (Lipinski definition) is 3. The molecule has 2 aromatic rings. The van der Waals surface area contributed by atoms with E-state index in [1.54, 1.807) is 12.3 Å². The minimum Gasteiger partial charge on any atom is -0.468 e. The fourth-order valence-corrected chi connectivity index (χ4v) is 3.79. The van der Waals surface area contributed by atoms with Crippen LogP contribution in [0.2, 0.25) is 0 Å². The molecule has 1 aliphatic carbocycles. The third-order valence-electron chi connectivity index (χ3n) is 5.22. The van der Waals surface area contributed by atoms with Crippen molar-refractivity contribution in [1.82, 2.24) is 10.2 Å². The van der Waals surface area contributed by atoms with Gasteiger partial charge in [-0.2, -0.15) is 0 Å². The summed E-state index contributed by atoms with van der Waals surface area (Å²) < 4.78 is 19.2. The molecular weight excluding hydrogens is 319 g/mol. The first-order valence-corrected chi connectivity index (χ1v) is 8.77. The molecule has 1 atom stereocenters. The zero-order valence-electron chi connectivity index (χ0n) is 14.8. The van der Waals surface area contributed by atoms with Crippen molar-refractivity contribution in [3.05, 3.63) is 59.8 Å². The van der Waals surface area contributed by atoms with E-state index in [1.165, 1.54) is 12.1 Å². The zero-order chi connectivity index (χ0) is 17.9. The topological polar surface area (TPSA) is 45.5 Å². The normalized spacial score (nSPS) is 17.6. The van der Waals surface area contributed by atoms with Crippen molar-refractivity contribution in [3.8, 4) is 0 Å². The lowest BCUT2D eigenvalue weighted by molar-refractivity contribution is -0.126. The van der Waals surface area contributed by atoms with Crippen molar-refractivity contribution in [2.45, 2.75) is 37.1 Å². The highest BCUT2D eigenvalue weighted by Crippen LogP contribution is 2.41. The van der Waals surface area contributed by atoms with Crippen LogP contribution in [0, 0.1) is 5.82 Å². The molecule has 1 aromatic heterocycles. The maximum absolute atomic E-state index is 13.7. The number of halogens is 1. The van der Waals surface area contributed by atoms with Gasteiger partial charge in [0.05, 0.1) is 17.7 Å². The number of amides is 1. The highest BCUT2D eigenvalue weighted by atomic mass is 19.1. The van der Waals surface area contributed by atoms with E-state index >= 15 is 0 Å². The predicted molar refractivity (Wildman–Crippen MR) is 94.7 cm³/mol. The zero-order valence-corrected chi connectivity index (χ0v) is 14.8. The molecule has 1 fully saturated rings. The number of carbonyl (C=O) groups excluding carboxylic acids is 1. The second-order valence-electron chi connectivity index (χ2n) is 7.00. The molecule has 1 unspecified atom stereocenters. The number of furan rings is 1. The average molecular weight is 344 g/mol. The first-order chi connectivity index (χ1) is 12.0. The second-order valence-corrected chi connectivity index (χ2v) is 7.00. The lowest BCUT2D eigenvalue weighted by Gasteiger charge is -2.30. The number of hydrogen-bond donors (Lipinski definition) is 1. The van der Waals surface area contributed by atoms with Crippen molar-refractivity contribution in [2.24, 2.45) is 0 Å². The quantitative estimate of drug-likeness (QED) is 0.870. The van der Waals surface area contributed by atoms with Gasteiger partial charge in [0, 0.05) is 6.54 Å². The number of benzene rings is 1. The monoisotopic (exact) mass is 344 g/mol. The summed E-state index contributed by atoms with van der Waals surface area (Å²) in [6, 6.07) is 10.2. The van der Waals surface area contributed by atoms with Crippen LogP contribution < -0.4 is 5.32 Å². The summed E-state index contributed by atoms with van der Waals surface area (Å²) in [5.74, 6) is 0.504. The lowest BCUT2D eigenvalue weighted by Crippen LogP contribution is -2.45. The number of nitrogens with zero attached hydrogens (tertiary/aromatic N) is 1. The molecule has 0 radical (unpaired) electrons. The van der Waals surface area contributed by atoms with Crippen LogP contribution in [0.4, 0.5) is 4.39 Å². The van der Waals surface area contributed by atoms with Crippen molar-refractivity contribution in [2.75, 3.05) is 20.6 Å². The van der Waals surface area contributed by atoms with Crippen molar-refractivity contribution in [3.63, 3.8) is 0 Å². The molecule has 1 N–H and O–H groups in total. The van der Waals surface area contributed by atoms with Crippen LogP contribution in [0.3, 0.4) is 0 Å². The molecule has 1 saturated carbocycles. The highest BCUT2D eigenvalue weighted by Gasteiger charge is 2.43. The molecule has 1 amide bonds. The van der Waals surface area contributed by atoms with Crippen LogP contribution in [0.15, 0.2) is 47.1 Å². The Kier molecular flexibility index (Phi) is 5.23. The Labute approximate surface area is 148 Å². The molecule has 134 valence electrons. The Bertz CT molecular complexity index is 706. The molecule has 3 rings (SSSR count). The highest BCUT2D eigenvalue weighted by molar-refractivity contribution is 5.88. The van der Waals surface area contributed by atoms with Gasteiger partial charge in [-0.25, -0.2) is 4.39 Å². The average Bonchev–Trinajstić information content (AvgIpc) is 3.27. The summed E-state index contributed by atoms with van der Waals surface area (Å²) >= 11 is 0. The first-order valence-electron chi connectivity index (χ1n) is 8.77. The summed E-state index contributed by atoms with van der Waals surface area (Å²) in [4.78, 5) is 15.1. The van der Waals surface area contributed by atoms with Crippen molar-refractivity contribution < 1.29 is 13.6 Å². The maximum Gasteiger partial charge on any atom is 0.230 e. The van der Waals surface area contributed by atoms with Gasteiger partial charge in [-0.3, -0.25) is 9.69 Å². The van der Waals surface area contributed by atoms with Gasteiger partial charge in [-0.1, -0.05) is 25.0 Å². The third-order valence-corrected chi connectivity index (χ3v) is 5.22. The summed E-state index contributed by atoms with van der Waals surface area (Å²) in [7, 11) is 3.91. The van der Waals surface area contributed by atoms with E-state index in [9.17, 15) is 9.18 Å². The van der Waals surface area contributed by atoms with Crippen molar-refractivity contribution in [1.29, 1.82) is 0 Å². The van der Waals surface area contributed by atoms with Gasteiger partial charge in [0.1, 0.15) is 11.6 Å². The van der Waals surface area contributed by atoms with E-state index < -0.39 is 5.41 Å². The Morgan fingerprint density at radius 2 is 2.04 bits per heavy atom. The molecule has 1 aromatic carbocycles. The summed E-state index contributed by atoms with van der Waals surface area (Å²) in [6.45, 7) is 0.455. The lowest BCUT2D eigenvalue weighted by atomic mass is 9.78. The predicted octanol–water partition coefficient (Wildman–Crippen LogP) is 3.65. The van der Waals surface area contributed by atoms with Crippen LogP contribution in [0.1, 0.15) is 43.0 Å². The maximum atomic E-state index is 13.7. The summed E-state index contributed by atoms with van der Waals surface area (Å²) in [5, 5.41) is 3.09. The molecule has 1 aliphatic rings. The molecule has 5 heteroatoms. The molecule has 0 bridgehead atoms. The SMILES string of the molecule is CN(C)C(CNC(=O)C1(c2cccc(F)c2)CCCC1)c1ccco1. The minimum atomic E-state index is -0.623.